The normalized spacial score (nSPS) is 12.0. The van der Waals surface area contributed by atoms with Crippen LogP contribution in [0.4, 0.5) is 13.2 Å². The highest BCUT2D eigenvalue weighted by molar-refractivity contribution is 7.83. The van der Waals surface area contributed by atoms with E-state index in [2.05, 4.69) is 4.83 Å². The summed E-state index contributed by atoms with van der Waals surface area (Å²) in [4.78, 5) is 14.2. The predicted molar refractivity (Wildman–Crippen MR) is 74.5 cm³/mol. The van der Waals surface area contributed by atoms with E-state index in [0.717, 1.165) is 5.56 Å². The summed E-state index contributed by atoms with van der Waals surface area (Å²) >= 11 is 0. The van der Waals surface area contributed by atoms with Gasteiger partial charge in [0.25, 0.3) is 5.91 Å². The number of rotatable bonds is 4. The summed E-state index contributed by atoms with van der Waals surface area (Å²) in [6, 6.07) is 7.35. The molecule has 0 saturated carbocycles. The fourth-order valence-electron chi connectivity index (χ4n) is 1.64. The van der Waals surface area contributed by atoms with E-state index in [0.29, 0.717) is 17.0 Å². The molecule has 0 heterocycles. The van der Waals surface area contributed by atoms with E-state index < -0.39 is 39.9 Å². The standard InChI is InChI=1S/C14H11F3N2O2S/c1-8-2-4-10(5-3-8)22(21)19-18-14(20)13-11(16)6-9(15)7-12(13)17/h2-7,19H,1H3,(H,18,20). The van der Waals surface area contributed by atoms with E-state index in [1.165, 1.54) is 0 Å². The molecular formula is C14H11F3N2O2S. The Labute approximate surface area is 126 Å². The van der Waals surface area contributed by atoms with Crippen LogP contribution in [0.5, 0.6) is 0 Å². The van der Waals surface area contributed by atoms with Gasteiger partial charge in [0, 0.05) is 12.1 Å². The second kappa shape index (κ2) is 6.71. The van der Waals surface area contributed by atoms with Gasteiger partial charge >= 0.3 is 0 Å². The predicted octanol–water partition coefficient (Wildman–Crippen LogP) is 2.37. The first-order chi connectivity index (χ1) is 10.4. The molecule has 2 rings (SSSR count). The van der Waals surface area contributed by atoms with E-state index >= 15 is 0 Å². The number of halogens is 3. The average molecular weight is 328 g/mol. The van der Waals surface area contributed by atoms with Crippen molar-refractivity contribution >= 4 is 16.9 Å². The molecule has 22 heavy (non-hydrogen) atoms. The Hall–Kier alpha value is -2.19. The van der Waals surface area contributed by atoms with Gasteiger partial charge in [0.2, 0.25) is 0 Å². The van der Waals surface area contributed by atoms with Crippen molar-refractivity contribution < 1.29 is 22.2 Å². The SMILES string of the molecule is Cc1ccc(S(=O)NNC(=O)c2c(F)cc(F)cc2F)cc1. The van der Waals surface area contributed by atoms with Crippen molar-refractivity contribution in [1.29, 1.82) is 0 Å². The molecule has 0 bridgehead atoms. The van der Waals surface area contributed by atoms with Gasteiger partial charge in [0.05, 0.1) is 4.90 Å². The van der Waals surface area contributed by atoms with Gasteiger partial charge in [0.15, 0.2) is 0 Å². The summed E-state index contributed by atoms with van der Waals surface area (Å²) in [6.07, 6.45) is 0. The lowest BCUT2D eigenvalue weighted by atomic mass is 10.2. The molecule has 2 aromatic carbocycles. The number of carbonyl (C=O) groups is 1. The molecule has 0 fully saturated rings. The van der Waals surface area contributed by atoms with Gasteiger partial charge in [-0.3, -0.25) is 10.2 Å². The third kappa shape index (κ3) is 3.71. The van der Waals surface area contributed by atoms with Gasteiger partial charge < -0.3 is 0 Å². The van der Waals surface area contributed by atoms with Crippen molar-refractivity contribution in [3.8, 4) is 0 Å². The van der Waals surface area contributed by atoms with Crippen molar-refractivity contribution in [3.05, 3.63) is 65.0 Å². The largest absolute Gasteiger partial charge is 0.275 e. The highest BCUT2D eigenvalue weighted by Crippen LogP contribution is 2.14. The minimum atomic E-state index is -1.80. The van der Waals surface area contributed by atoms with E-state index in [4.69, 9.17) is 0 Å². The second-order valence-corrected chi connectivity index (χ2v) is 5.60. The Morgan fingerprint density at radius 2 is 1.59 bits per heavy atom. The Morgan fingerprint density at radius 3 is 2.14 bits per heavy atom. The molecule has 1 amide bonds. The highest BCUT2D eigenvalue weighted by atomic mass is 32.2. The average Bonchev–Trinajstić information content (AvgIpc) is 2.44. The fourth-order valence-corrected chi connectivity index (χ4v) is 2.32. The summed E-state index contributed by atoms with van der Waals surface area (Å²) in [5, 5.41) is 0. The van der Waals surface area contributed by atoms with Gasteiger partial charge in [-0.25, -0.2) is 17.4 Å². The second-order valence-electron chi connectivity index (χ2n) is 4.38. The Kier molecular flexibility index (Phi) is 4.94. The van der Waals surface area contributed by atoms with Gasteiger partial charge in [-0.1, -0.05) is 17.7 Å². The van der Waals surface area contributed by atoms with Crippen LogP contribution in [-0.4, -0.2) is 10.1 Å². The Balaban J connectivity index is 2.07. The van der Waals surface area contributed by atoms with Gasteiger partial charge in [0.1, 0.15) is 34.0 Å². The van der Waals surface area contributed by atoms with Crippen LogP contribution in [0, 0.1) is 24.4 Å². The molecule has 116 valence electrons. The molecule has 0 aliphatic rings. The Morgan fingerprint density at radius 1 is 1.05 bits per heavy atom. The molecule has 4 nitrogen and oxygen atoms in total. The van der Waals surface area contributed by atoms with E-state index in [1.807, 2.05) is 12.3 Å². The number of benzene rings is 2. The van der Waals surface area contributed by atoms with Crippen molar-refractivity contribution in [1.82, 2.24) is 10.3 Å². The van der Waals surface area contributed by atoms with Crippen LogP contribution in [0.2, 0.25) is 0 Å². The molecular weight excluding hydrogens is 317 g/mol. The number of carbonyl (C=O) groups excluding carboxylic acids is 1. The first-order valence-corrected chi connectivity index (χ1v) is 7.22. The maximum atomic E-state index is 13.4. The smallest absolute Gasteiger partial charge is 0.272 e. The number of hydrogen-bond donors (Lipinski definition) is 2. The molecule has 0 aliphatic heterocycles. The van der Waals surface area contributed by atoms with Crippen molar-refractivity contribution in [2.75, 3.05) is 0 Å². The van der Waals surface area contributed by atoms with Crippen LogP contribution >= 0.6 is 0 Å². The van der Waals surface area contributed by atoms with Gasteiger partial charge in [-0.15, -0.1) is 4.83 Å². The van der Waals surface area contributed by atoms with E-state index in [-0.39, 0.29) is 0 Å². The lowest BCUT2D eigenvalue weighted by Crippen LogP contribution is -2.39. The first kappa shape index (κ1) is 16.2. The molecule has 0 aromatic heterocycles. The topological polar surface area (TPSA) is 58.2 Å². The minimum absolute atomic E-state index is 0.367. The molecule has 2 aromatic rings. The number of amides is 1. The summed E-state index contributed by atoms with van der Waals surface area (Å²) < 4.78 is 51.4. The quantitative estimate of drug-likeness (QED) is 0.847. The lowest BCUT2D eigenvalue weighted by Gasteiger charge is -2.08. The van der Waals surface area contributed by atoms with E-state index in [9.17, 15) is 22.2 Å². The zero-order chi connectivity index (χ0) is 16.3. The minimum Gasteiger partial charge on any atom is -0.275 e. The fraction of sp³-hybridized carbons (Fsp3) is 0.0714. The van der Waals surface area contributed by atoms with Crippen LogP contribution in [0.25, 0.3) is 0 Å². The molecule has 0 saturated heterocycles. The molecule has 8 heteroatoms. The first-order valence-electron chi connectivity index (χ1n) is 6.07. The van der Waals surface area contributed by atoms with Crippen molar-refractivity contribution in [2.24, 2.45) is 0 Å². The molecule has 0 spiro atoms. The third-order valence-electron chi connectivity index (χ3n) is 2.73. The number of nitrogens with one attached hydrogen (secondary N) is 2. The van der Waals surface area contributed by atoms with Gasteiger partial charge in [-0.05, 0) is 19.1 Å². The van der Waals surface area contributed by atoms with Gasteiger partial charge in [-0.2, -0.15) is 0 Å². The van der Waals surface area contributed by atoms with Crippen LogP contribution in [0.3, 0.4) is 0 Å². The monoisotopic (exact) mass is 328 g/mol. The summed E-state index contributed by atoms with van der Waals surface area (Å²) in [5.74, 6) is -5.03. The number of hydrogen-bond acceptors (Lipinski definition) is 2. The molecule has 1 atom stereocenters. The number of aryl methyl sites for hydroxylation is 1. The van der Waals surface area contributed by atoms with E-state index in [1.54, 1.807) is 24.3 Å². The maximum absolute atomic E-state index is 13.4. The lowest BCUT2D eigenvalue weighted by molar-refractivity contribution is 0.0937. The molecule has 0 aliphatic carbocycles. The van der Waals surface area contributed by atoms with Crippen LogP contribution in [0.15, 0.2) is 41.3 Å². The zero-order valence-electron chi connectivity index (χ0n) is 11.3. The molecule has 1 unspecified atom stereocenters. The highest BCUT2D eigenvalue weighted by Gasteiger charge is 2.19. The molecule has 0 radical (unpaired) electrons. The molecule has 2 N–H and O–H groups in total. The summed E-state index contributed by atoms with van der Waals surface area (Å²) in [7, 11) is -1.80. The maximum Gasteiger partial charge on any atom is 0.272 e. The third-order valence-corrected chi connectivity index (χ3v) is 3.71. The van der Waals surface area contributed by atoms with Crippen LogP contribution in [0.1, 0.15) is 15.9 Å². The van der Waals surface area contributed by atoms with Crippen LogP contribution < -0.4 is 10.3 Å². The van der Waals surface area contributed by atoms with Crippen molar-refractivity contribution in [3.63, 3.8) is 0 Å². The number of hydrazine groups is 1. The summed E-state index contributed by atoms with van der Waals surface area (Å²) in [5.41, 5.74) is 1.92. The summed E-state index contributed by atoms with van der Waals surface area (Å²) in [6.45, 7) is 1.85. The zero-order valence-corrected chi connectivity index (χ0v) is 12.1. The van der Waals surface area contributed by atoms with Crippen molar-refractivity contribution in [2.45, 2.75) is 11.8 Å². The Bertz CT molecular complexity index is 712. The van der Waals surface area contributed by atoms with Crippen LogP contribution in [-0.2, 0) is 11.0 Å².